The molecule has 0 N–H and O–H groups in total. The van der Waals surface area contributed by atoms with Crippen LogP contribution in [0.25, 0.3) is 0 Å². The van der Waals surface area contributed by atoms with Gasteiger partial charge in [0.15, 0.2) is 6.10 Å². The van der Waals surface area contributed by atoms with Gasteiger partial charge in [-0.1, -0.05) is 6.07 Å². The van der Waals surface area contributed by atoms with E-state index in [-0.39, 0.29) is 17.5 Å². The van der Waals surface area contributed by atoms with Crippen molar-refractivity contribution in [1.29, 1.82) is 0 Å². The Morgan fingerprint density at radius 2 is 2.04 bits per heavy atom. The smallest absolute Gasteiger partial charge is 0.259 e. The number of amides is 1. The second-order valence-corrected chi connectivity index (χ2v) is 7.12. The van der Waals surface area contributed by atoms with E-state index in [0.29, 0.717) is 43.7 Å². The third-order valence-electron chi connectivity index (χ3n) is 5.65. The van der Waals surface area contributed by atoms with Crippen LogP contribution >= 0.6 is 0 Å². The van der Waals surface area contributed by atoms with Crippen LogP contribution in [0.2, 0.25) is 0 Å². The van der Waals surface area contributed by atoms with Gasteiger partial charge in [0, 0.05) is 44.2 Å². The van der Waals surface area contributed by atoms with Crippen molar-refractivity contribution < 1.29 is 18.3 Å². The number of likely N-dealkylation sites (tertiary alicyclic amines) is 1. The van der Waals surface area contributed by atoms with Crippen molar-refractivity contribution in [2.24, 2.45) is 0 Å². The molecule has 1 spiro atoms. The average Bonchev–Trinajstić information content (AvgIpc) is 2.65. The van der Waals surface area contributed by atoms with E-state index in [1.807, 2.05) is 0 Å². The average molecular weight is 373 g/mol. The summed E-state index contributed by atoms with van der Waals surface area (Å²) in [6.45, 7) is 1.89. The molecule has 2 aliphatic heterocycles. The molecule has 27 heavy (non-hydrogen) atoms. The van der Waals surface area contributed by atoms with E-state index in [1.165, 1.54) is 25.4 Å². The number of hydrogen-bond donors (Lipinski definition) is 0. The summed E-state index contributed by atoms with van der Waals surface area (Å²) in [5.74, 6) is -0.827. The molecule has 0 saturated carbocycles. The molecule has 0 radical (unpaired) electrons. The number of piperidine rings is 1. The quantitative estimate of drug-likeness (QED) is 0.774. The van der Waals surface area contributed by atoms with E-state index in [2.05, 4.69) is 9.88 Å². The van der Waals surface area contributed by atoms with Crippen molar-refractivity contribution in [1.82, 2.24) is 9.88 Å². The number of benzene rings is 1. The first-order chi connectivity index (χ1) is 13.0. The van der Waals surface area contributed by atoms with Crippen molar-refractivity contribution in [3.63, 3.8) is 0 Å². The molecule has 1 atom stereocenters. The number of β-lactam (4-membered cyclic amide) rings is 1. The van der Waals surface area contributed by atoms with Crippen LogP contribution in [0.1, 0.15) is 18.4 Å². The Morgan fingerprint density at radius 1 is 1.26 bits per heavy atom. The monoisotopic (exact) mass is 373 g/mol. The number of nitrogens with zero attached hydrogens (tertiary/aromatic N) is 3. The van der Waals surface area contributed by atoms with Gasteiger partial charge < -0.3 is 9.64 Å². The zero-order valence-corrected chi connectivity index (χ0v) is 15.1. The van der Waals surface area contributed by atoms with Crippen molar-refractivity contribution in [2.75, 3.05) is 25.1 Å². The minimum atomic E-state index is -0.527. The molecule has 1 unspecified atom stereocenters. The van der Waals surface area contributed by atoms with Crippen LogP contribution < -0.4 is 4.90 Å². The molecule has 142 valence electrons. The lowest BCUT2D eigenvalue weighted by molar-refractivity contribution is -0.151. The number of halogens is 2. The Hall–Kier alpha value is -2.38. The van der Waals surface area contributed by atoms with Gasteiger partial charge in [-0.25, -0.2) is 8.78 Å². The van der Waals surface area contributed by atoms with Gasteiger partial charge in [-0.15, -0.1) is 0 Å². The number of carbonyl (C=O) groups is 1. The molecule has 2 aliphatic rings. The predicted molar refractivity (Wildman–Crippen MR) is 96.1 cm³/mol. The lowest BCUT2D eigenvalue weighted by Gasteiger charge is -2.59. The first-order valence-electron chi connectivity index (χ1n) is 8.98. The fourth-order valence-corrected chi connectivity index (χ4v) is 4.29. The van der Waals surface area contributed by atoms with Crippen LogP contribution in [0.3, 0.4) is 0 Å². The summed E-state index contributed by atoms with van der Waals surface area (Å²) in [6, 6.07) is 7.77. The van der Waals surface area contributed by atoms with Gasteiger partial charge in [-0.3, -0.25) is 14.7 Å². The van der Waals surface area contributed by atoms with Crippen LogP contribution in [-0.2, 0) is 16.1 Å². The number of aromatic nitrogens is 1. The van der Waals surface area contributed by atoms with Gasteiger partial charge in [0.25, 0.3) is 5.91 Å². The Kier molecular flexibility index (Phi) is 4.65. The van der Waals surface area contributed by atoms with Crippen LogP contribution in [0.4, 0.5) is 14.5 Å². The molecule has 0 aliphatic carbocycles. The molecule has 7 heteroatoms. The lowest BCUT2D eigenvalue weighted by atomic mass is 9.72. The Labute approximate surface area is 156 Å². The molecule has 0 bridgehead atoms. The molecule has 3 heterocycles. The fraction of sp³-hybridized carbons (Fsp3) is 0.400. The van der Waals surface area contributed by atoms with E-state index in [0.717, 1.165) is 0 Å². The maximum Gasteiger partial charge on any atom is 0.259 e. The van der Waals surface area contributed by atoms with Crippen molar-refractivity contribution in [2.45, 2.75) is 31.0 Å². The summed E-state index contributed by atoms with van der Waals surface area (Å²) >= 11 is 0. The predicted octanol–water partition coefficient (Wildman–Crippen LogP) is 2.76. The maximum absolute atomic E-state index is 13.9. The number of methoxy groups -OCH3 is 1. The normalized spacial score (nSPS) is 22.1. The van der Waals surface area contributed by atoms with Crippen LogP contribution in [0.15, 0.2) is 42.7 Å². The number of anilines is 1. The van der Waals surface area contributed by atoms with Crippen LogP contribution in [0, 0.1) is 11.6 Å². The summed E-state index contributed by atoms with van der Waals surface area (Å²) in [5, 5.41) is 0. The molecular formula is C20H21F2N3O2. The number of carbonyl (C=O) groups excluding carboxylic acids is 1. The highest BCUT2D eigenvalue weighted by molar-refractivity contribution is 6.06. The standard InChI is InChI=1S/C20H21F2N3O2/c1-27-18-19(26)25(16-4-2-3-15(21)11-16)20(18)6-9-24(10-7-20)13-14-5-8-23-12-17(14)22/h2-5,8,11-12,18H,6-7,9-10,13H2,1H3. The molecule has 4 rings (SSSR count). The Bertz CT molecular complexity index is 853. The van der Waals surface area contributed by atoms with Crippen LogP contribution in [0.5, 0.6) is 0 Å². The topological polar surface area (TPSA) is 45.7 Å². The molecule has 2 saturated heterocycles. The third-order valence-corrected chi connectivity index (χ3v) is 5.65. The molecule has 1 aromatic carbocycles. The Balaban J connectivity index is 1.52. The van der Waals surface area contributed by atoms with Crippen LogP contribution in [-0.4, -0.2) is 47.6 Å². The van der Waals surface area contributed by atoms with Gasteiger partial charge in [0.05, 0.1) is 11.7 Å². The molecule has 2 fully saturated rings. The van der Waals surface area contributed by atoms with E-state index in [9.17, 15) is 13.6 Å². The minimum absolute atomic E-state index is 0.142. The highest BCUT2D eigenvalue weighted by Gasteiger charge is 2.61. The maximum atomic E-state index is 13.9. The van der Waals surface area contributed by atoms with E-state index >= 15 is 0 Å². The summed E-state index contributed by atoms with van der Waals surface area (Å²) in [4.78, 5) is 20.2. The molecule has 1 amide bonds. The van der Waals surface area contributed by atoms with Crippen molar-refractivity contribution >= 4 is 11.6 Å². The van der Waals surface area contributed by atoms with Gasteiger partial charge in [0.2, 0.25) is 0 Å². The molecular weight excluding hydrogens is 352 g/mol. The highest BCUT2D eigenvalue weighted by atomic mass is 19.1. The lowest BCUT2D eigenvalue weighted by Crippen LogP contribution is -2.77. The number of pyridine rings is 1. The van der Waals surface area contributed by atoms with E-state index in [4.69, 9.17) is 4.74 Å². The first-order valence-corrected chi connectivity index (χ1v) is 8.98. The van der Waals surface area contributed by atoms with Gasteiger partial charge >= 0.3 is 0 Å². The second kappa shape index (κ2) is 6.98. The zero-order valence-electron chi connectivity index (χ0n) is 15.1. The Morgan fingerprint density at radius 3 is 2.70 bits per heavy atom. The minimum Gasteiger partial charge on any atom is -0.369 e. The van der Waals surface area contributed by atoms with E-state index < -0.39 is 11.6 Å². The number of hydrogen-bond acceptors (Lipinski definition) is 4. The van der Waals surface area contributed by atoms with Crippen molar-refractivity contribution in [3.05, 3.63) is 59.9 Å². The highest BCUT2D eigenvalue weighted by Crippen LogP contribution is 2.45. The fourth-order valence-electron chi connectivity index (χ4n) is 4.29. The summed E-state index contributed by atoms with van der Waals surface area (Å²) in [5.41, 5.74) is 0.685. The van der Waals surface area contributed by atoms with Gasteiger partial charge in [-0.05, 0) is 37.1 Å². The van der Waals surface area contributed by atoms with Crippen molar-refractivity contribution in [3.8, 4) is 0 Å². The number of ether oxygens (including phenoxy) is 1. The summed E-state index contributed by atoms with van der Waals surface area (Å²) in [6.07, 6.45) is 3.64. The van der Waals surface area contributed by atoms with Gasteiger partial charge in [-0.2, -0.15) is 0 Å². The van der Waals surface area contributed by atoms with Gasteiger partial charge in [0.1, 0.15) is 11.6 Å². The largest absolute Gasteiger partial charge is 0.369 e. The first kappa shape index (κ1) is 18.0. The number of rotatable bonds is 4. The second-order valence-electron chi connectivity index (χ2n) is 7.12. The third kappa shape index (κ3) is 3.00. The van der Waals surface area contributed by atoms with E-state index in [1.54, 1.807) is 29.3 Å². The SMILES string of the molecule is COC1C(=O)N(c2cccc(F)c2)C12CCN(Cc1ccncc1F)CC2. The summed E-state index contributed by atoms with van der Waals surface area (Å²) in [7, 11) is 1.53. The molecule has 5 nitrogen and oxygen atoms in total. The molecule has 2 aromatic rings. The zero-order chi connectivity index (χ0) is 19.0. The molecule has 1 aromatic heterocycles. The summed E-state index contributed by atoms with van der Waals surface area (Å²) < 4.78 is 33.0.